The van der Waals surface area contributed by atoms with Crippen LogP contribution in [0.5, 0.6) is 0 Å². The van der Waals surface area contributed by atoms with Crippen LogP contribution in [0.15, 0.2) is 35.7 Å². The number of halogens is 4. The molecule has 4 nitrogen and oxygen atoms in total. The number of carbonyl (C=O) groups is 1. The minimum absolute atomic E-state index is 0.0204. The van der Waals surface area contributed by atoms with Crippen LogP contribution in [-0.2, 0) is 4.79 Å². The van der Waals surface area contributed by atoms with Gasteiger partial charge in [-0.3, -0.25) is 4.79 Å². The number of carbonyl (C=O) groups excluding carboxylic acids is 1. The summed E-state index contributed by atoms with van der Waals surface area (Å²) in [5.41, 5.74) is -1.08. The van der Waals surface area contributed by atoms with Gasteiger partial charge in [-0.2, -0.15) is 13.2 Å². The Labute approximate surface area is 161 Å². The monoisotopic (exact) mass is 401 g/mol. The zero-order valence-electron chi connectivity index (χ0n) is 15.3. The van der Waals surface area contributed by atoms with Gasteiger partial charge in [0.2, 0.25) is 5.91 Å². The number of hydrogen-bond acceptors (Lipinski definition) is 3. The van der Waals surface area contributed by atoms with Crippen molar-refractivity contribution < 1.29 is 18.0 Å². The van der Waals surface area contributed by atoms with Gasteiger partial charge in [-0.1, -0.05) is 23.8 Å². The summed E-state index contributed by atoms with van der Waals surface area (Å²) in [7, 11) is 0. The molecule has 1 fully saturated rings. The van der Waals surface area contributed by atoms with Gasteiger partial charge < -0.3 is 5.32 Å². The van der Waals surface area contributed by atoms with Crippen LogP contribution < -0.4 is 5.32 Å². The number of alkyl halides is 3. The molecule has 0 aliphatic heterocycles. The highest BCUT2D eigenvalue weighted by atomic mass is 35.5. The van der Waals surface area contributed by atoms with Crippen LogP contribution in [0.2, 0.25) is 0 Å². The molecule has 0 spiro atoms. The predicted molar refractivity (Wildman–Crippen MR) is 98.2 cm³/mol. The maximum Gasteiger partial charge on any atom is 0.394 e. The molecule has 0 aromatic carbocycles. The summed E-state index contributed by atoms with van der Waals surface area (Å²) in [6.07, 6.45) is 4.03. The zero-order chi connectivity index (χ0) is 20.1. The number of rotatable bonds is 8. The third kappa shape index (κ3) is 6.06. The average molecular weight is 402 g/mol. The van der Waals surface area contributed by atoms with Crippen molar-refractivity contribution in [1.29, 1.82) is 0 Å². The highest BCUT2D eigenvalue weighted by Crippen LogP contribution is 2.62. The molecule has 1 heterocycles. The van der Waals surface area contributed by atoms with Gasteiger partial charge in [-0.05, 0) is 44.7 Å². The van der Waals surface area contributed by atoms with Crippen molar-refractivity contribution in [1.82, 2.24) is 15.3 Å². The summed E-state index contributed by atoms with van der Waals surface area (Å²) in [5.74, 6) is -0.313. The second-order valence-electron chi connectivity index (χ2n) is 6.86. The highest BCUT2D eigenvalue weighted by molar-refractivity contribution is 6.30. The smallest absolute Gasteiger partial charge is 0.355 e. The van der Waals surface area contributed by atoms with E-state index in [0.29, 0.717) is 16.4 Å². The number of aromatic nitrogens is 2. The molecule has 2 rings (SSSR count). The Morgan fingerprint density at radius 3 is 2.52 bits per heavy atom. The van der Waals surface area contributed by atoms with E-state index in [-0.39, 0.29) is 38.1 Å². The van der Waals surface area contributed by atoms with Crippen molar-refractivity contribution >= 4 is 17.5 Å². The third-order valence-electron chi connectivity index (χ3n) is 4.71. The van der Waals surface area contributed by atoms with E-state index < -0.39 is 17.5 Å². The molecule has 0 radical (unpaired) electrons. The summed E-state index contributed by atoms with van der Waals surface area (Å²) >= 11 is 5.96. The fourth-order valence-corrected chi connectivity index (χ4v) is 3.05. The predicted octanol–water partition coefficient (Wildman–Crippen LogP) is 4.81. The van der Waals surface area contributed by atoms with E-state index in [9.17, 15) is 18.0 Å². The van der Waals surface area contributed by atoms with Crippen molar-refractivity contribution in [2.75, 3.05) is 6.54 Å². The number of nitrogens with zero attached hydrogens (tertiary/aromatic N) is 2. The minimum Gasteiger partial charge on any atom is -0.355 e. The number of amides is 1. The number of aryl methyl sites for hydroxylation is 1. The van der Waals surface area contributed by atoms with Gasteiger partial charge >= 0.3 is 6.18 Å². The Kier molecular flexibility index (Phi) is 7.03. The van der Waals surface area contributed by atoms with Crippen LogP contribution in [-0.4, -0.2) is 28.6 Å². The van der Waals surface area contributed by atoms with Gasteiger partial charge in [0.15, 0.2) is 0 Å². The van der Waals surface area contributed by atoms with Crippen LogP contribution >= 0.6 is 11.6 Å². The van der Waals surface area contributed by atoms with Crippen LogP contribution in [0.4, 0.5) is 13.2 Å². The SMILES string of the molecule is C/C=C\C=C(\Cl)CC(=O)NCC(CC1(C(F)(F)F)CC1)c1cnc(C)nc1. The molecular weight excluding hydrogens is 379 g/mol. The number of hydrogen-bond donors (Lipinski definition) is 1. The number of nitrogens with one attached hydrogen (secondary N) is 1. The molecule has 1 N–H and O–H groups in total. The lowest BCUT2D eigenvalue weighted by Gasteiger charge is -2.25. The Hall–Kier alpha value is -1.89. The molecule has 1 unspecified atom stereocenters. The normalized spacial score (nSPS) is 17.8. The van der Waals surface area contributed by atoms with E-state index in [1.54, 1.807) is 25.2 Å². The Morgan fingerprint density at radius 1 is 1.37 bits per heavy atom. The van der Waals surface area contributed by atoms with Crippen molar-refractivity contribution in [2.45, 2.75) is 51.6 Å². The van der Waals surface area contributed by atoms with E-state index in [4.69, 9.17) is 11.6 Å². The summed E-state index contributed by atoms with van der Waals surface area (Å²) in [5, 5.41) is 3.05. The fraction of sp³-hybridized carbons (Fsp3) is 0.526. The topological polar surface area (TPSA) is 54.9 Å². The van der Waals surface area contributed by atoms with Gasteiger partial charge in [0.05, 0.1) is 11.8 Å². The Bertz CT molecular complexity index is 710. The summed E-state index contributed by atoms with van der Waals surface area (Å²) in [4.78, 5) is 20.2. The molecule has 1 atom stereocenters. The molecule has 1 aromatic rings. The lowest BCUT2D eigenvalue weighted by molar-refractivity contribution is -0.190. The highest BCUT2D eigenvalue weighted by Gasteiger charge is 2.63. The molecule has 1 amide bonds. The molecular formula is C19H23ClF3N3O. The maximum absolute atomic E-state index is 13.4. The molecule has 1 aromatic heterocycles. The fourth-order valence-electron chi connectivity index (χ4n) is 2.86. The standard InChI is InChI=1S/C19H23ClF3N3O/c1-3-4-5-16(20)8-17(27)26-10-14(15-11-24-13(2)25-12-15)9-18(6-7-18)19(21,22)23/h3-5,11-12,14H,6-10H2,1-2H3,(H,26,27)/b4-3-,16-5+. The molecule has 1 saturated carbocycles. The van der Waals surface area contributed by atoms with Gasteiger partial charge in [-0.15, -0.1) is 0 Å². The van der Waals surface area contributed by atoms with E-state index in [1.807, 2.05) is 6.92 Å². The summed E-state index contributed by atoms with van der Waals surface area (Å²) < 4.78 is 40.1. The largest absolute Gasteiger partial charge is 0.394 e. The zero-order valence-corrected chi connectivity index (χ0v) is 16.1. The molecule has 0 saturated heterocycles. The average Bonchev–Trinajstić information content (AvgIpc) is 3.38. The molecule has 148 valence electrons. The molecule has 1 aliphatic carbocycles. The Balaban J connectivity index is 2.07. The lowest BCUT2D eigenvalue weighted by atomic mass is 9.87. The molecule has 8 heteroatoms. The van der Waals surface area contributed by atoms with E-state index in [1.165, 1.54) is 12.4 Å². The van der Waals surface area contributed by atoms with Crippen molar-refractivity contribution in [3.63, 3.8) is 0 Å². The van der Waals surface area contributed by atoms with E-state index in [0.717, 1.165) is 0 Å². The first-order valence-electron chi connectivity index (χ1n) is 8.76. The van der Waals surface area contributed by atoms with E-state index >= 15 is 0 Å². The summed E-state index contributed by atoms with van der Waals surface area (Å²) in [6.45, 7) is 3.61. The molecule has 27 heavy (non-hydrogen) atoms. The van der Waals surface area contributed by atoms with Crippen LogP contribution in [0.3, 0.4) is 0 Å². The second-order valence-corrected chi connectivity index (χ2v) is 7.35. The quantitative estimate of drug-likeness (QED) is 0.636. The third-order valence-corrected chi connectivity index (χ3v) is 4.97. The first-order chi connectivity index (χ1) is 12.7. The van der Waals surface area contributed by atoms with Crippen LogP contribution in [0, 0.1) is 12.3 Å². The van der Waals surface area contributed by atoms with Crippen molar-refractivity contribution in [2.24, 2.45) is 5.41 Å². The maximum atomic E-state index is 13.4. The van der Waals surface area contributed by atoms with E-state index in [2.05, 4.69) is 15.3 Å². The van der Waals surface area contributed by atoms with Gasteiger partial charge in [0, 0.05) is 29.9 Å². The Morgan fingerprint density at radius 2 is 2.00 bits per heavy atom. The van der Waals surface area contributed by atoms with Crippen LogP contribution in [0.25, 0.3) is 0 Å². The van der Waals surface area contributed by atoms with Gasteiger partial charge in [-0.25, -0.2) is 9.97 Å². The lowest BCUT2D eigenvalue weighted by Crippen LogP contribution is -2.33. The van der Waals surface area contributed by atoms with Gasteiger partial charge in [0.25, 0.3) is 0 Å². The summed E-state index contributed by atoms with van der Waals surface area (Å²) in [6, 6.07) is 0. The van der Waals surface area contributed by atoms with Crippen LogP contribution in [0.1, 0.15) is 49.9 Å². The van der Waals surface area contributed by atoms with Crippen molar-refractivity contribution in [3.05, 3.63) is 47.0 Å². The first-order valence-corrected chi connectivity index (χ1v) is 9.14. The van der Waals surface area contributed by atoms with Crippen molar-refractivity contribution in [3.8, 4) is 0 Å². The second kappa shape index (κ2) is 8.87. The minimum atomic E-state index is -4.25. The number of allylic oxidation sites excluding steroid dienone is 3. The first kappa shape index (κ1) is 21.4. The molecule has 1 aliphatic rings. The molecule has 0 bridgehead atoms. The van der Waals surface area contributed by atoms with Gasteiger partial charge in [0.1, 0.15) is 5.82 Å².